The summed E-state index contributed by atoms with van der Waals surface area (Å²) in [7, 11) is 1.84. The molecule has 4 aromatic heterocycles. The van der Waals surface area contributed by atoms with Crippen molar-refractivity contribution >= 4 is 34.8 Å². The molecule has 5 aromatic rings. The molecule has 1 aliphatic heterocycles. The van der Waals surface area contributed by atoms with E-state index in [9.17, 15) is 4.79 Å². The molecule has 0 saturated carbocycles. The largest absolute Gasteiger partial charge is 0.444 e. The number of hydrogen-bond acceptors (Lipinski definition) is 9. The molecule has 0 bridgehead atoms. The van der Waals surface area contributed by atoms with Crippen LogP contribution in [0.4, 0.5) is 22.4 Å². The SMILES string of the molecule is Cn1cc(Nc2ncc3nc(N)n(-c4ccc(-c5cnn(C6CCN(C(=O)OC(C)(C)C)CC6)c5)cc4)c3n2)cn1. The van der Waals surface area contributed by atoms with Crippen molar-refractivity contribution in [1.82, 2.24) is 44.0 Å². The van der Waals surface area contributed by atoms with Gasteiger partial charge in [-0.1, -0.05) is 12.1 Å². The quantitative estimate of drug-likeness (QED) is 0.324. The molecule has 0 spiro atoms. The Labute approximate surface area is 237 Å². The molecule has 1 amide bonds. The normalized spacial score (nSPS) is 14.5. The van der Waals surface area contributed by atoms with Crippen LogP contribution in [0.2, 0.25) is 0 Å². The maximum Gasteiger partial charge on any atom is 0.410 e. The monoisotopic (exact) mass is 555 g/mol. The number of aryl methyl sites for hydroxylation is 1. The molecule has 212 valence electrons. The van der Waals surface area contributed by atoms with Gasteiger partial charge in [-0.25, -0.2) is 14.8 Å². The number of hydrogen-bond donors (Lipinski definition) is 2. The van der Waals surface area contributed by atoms with E-state index in [-0.39, 0.29) is 12.1 Å². The highest BCUT2D eigenvalue weighted by atomic mass is 16.6. The van der Waals surface area contributed by atoms with Gasteiger partial charge in [-0.3, -0.25) is 13.9 Å². The summed E-state index contributed by atoms with van der Waals surface area (Å²) in [5.41, 5.74) is 10.7. The van der Waals surface area contributed by atoms with Crippen LogP contribution in [0.25, 0.3) is 28.0 Å². The first-order valence-corrected chi connectivity index (χ1v) is 13.5. The summed E-state index contributed by atoms with van der Waals surface area (Å²) >= 11 is 0. The van der Waals surface area contributed by atoms with Crippen LogP contribution in [0.3, 0.4) is 0 Å². The molecule has 5 heterocycles. The van der Waals surface area contributed by atoms with E-state index in [1.165, 1.54) is 0 Å². The molecule has 1 aliphatic rings. The first kappa shape index (κ1) is 26.3. The van der Waals surface area contributed by atoms with E-state index in [1.54, 1.807) is 26.5 Å². The number of carbonyl (C=O) groups excluding carboxylic acids is 1. The Hall–Kier alpha value is -4.94. The maximum atomic E-state index is 12.4. The highest BCUT2D eigenvalue weighted by molar-refractivity contribution is 5.78. The van der Waals surface area contributed by atoms with Crippen LogP contribution in [0.5, 0.6) is 0 Å². The summed E-state index contributed by atoms with van der Waals surface area (Å²) in [6.07, 6.45) is 10.5. The number of piperidine rings is 1. The number of aromatic nitrogens is 8. The molecule has 0 atom stereocenters. The van der Waals surface area contributed by atoms with Crippen molar-refractivity contribution in [2.45, 2.75) is 45.3 Å². The fourth-order valence-electron chi connectivity index (χ4n) is 4.95. The fraction of sp³-hybridized carbons (Fsp3) is 0.357. The second-order valence-corrected chi connectivity index (χ2v) is 11.2. The first-order chi connectivity index (χ1) is 19.6. The number of nitrogens with zero attached hydrogens (tertiary/aromatic N) is 9. The van der Waals surface area contributed by atoms with Crippen LogP contribution in [-0.4, -0.2) is 68.8 Å². The number of imidazole rings is 1. The molecule has 1 saturated heterocycles. The number of carbonyl (C=O) groups is 1. The van der Waals surface area contributed by atoms with Crippen LogP contribution in [0, 0.1) is 0 Å². The van der Waals surface area contributed by atoms with Gasteiger partial charge in [0.1, 0.15) is 11.1 Å². The lowest BCUT2D eigenvalue weighted by Gasteiger charge is -2.33. The molecule has 0 unspecified atom stereocenters. The van der Waals surface area contributed by atoms with Crippen LogP contribution >= 0.6 is 0 Å². The topological polar surface area (TPSA) is 147 Å². The predicted molar refractivity (Wildman–Crippen MR) is 155 cm³/mol. The van der Waals surface area contributed by atoms with Gasteiger partial charge in [0.15, 0.2) is 5.65 Å². The highest BCUT2D eigenvalue weighted by Crippen LogP contribution is 2.28. The van der Waals surface area contributed by atoms with Gasteiger partial charge in [0, 0.05) is 38.1 Å². The third-order valence-electron chi connectivity index (χ3n) is 6.94. The van der Waals surface area contributed by atoms with Crippen molar-refractivity contribution in [3.05, 3.63) is 55.2 Å². The Balaban J connectivity index is 1.16. The number of nitrogens with two attached hydrogens (primary N) is 1. The fourth-order valence-corrected chi connectivity index (χ4v) is 4.95. The van der Waals surface area contributed by atoms with Crippen molar-refractivity contribution in [2.24, 2.45) is 7.05 Å². The van der Waals surface area contributed by atoms with E-state index < -0.39 is 5.60 Å². The Kier molecular flexibility index (Phi) is 6.56. The zero-order chi connectivity index (χ0) is 28.7. The number of amides is 1. The molecule has 0 radical (unpaired) electrons. The molecule has 1 fully saturated rings. The second kappa shape index (κ2) is 10.2. The Morgan fingerprint density at radius 1 is 1.00 bits per heavy atom. The maximum absolute atomic E-state index is 12.4. The van der Waals surface area contributed by atoms with Gasteiger partial charge in [0.2, 0.25) is 11.9 Å². The summed E-state index contributed by atoms with van der Waals surface area (Å²) in [5, 5.41) is 12.0. The van der Waals surface area contributed by atoms with Gasteiger partial charge in [-0.15, -0.1) is 0 Å². The van der Waals surface area contributed by atoms with E-state index in [0.717, 1.165) is 35.3 Å². The number of fused-ring (bicyclic) bond motifs is 1. The van der Waals surface area contributed by atoms with Gasteiger partial charge in [0.05, 0.1) is 36.0 Å². The predicted octanol–water partition coefficient (Wildman–Crippen LogP) is 4.31. The van der Waals surface area contributed by atoms with Gasteiger partial charge >= 0.3 is 6.09 Å². The third-order valence-corrected chi connectivity index (χ3v) is 6.94. The minimum atomic E-state index is -0.495. The average Bonchev–Trinajstić information content (AvgIpc) is 3.66. The summed E-state index contributed by atoms with van der Waals surface area (Å²) in [5.74, 6) is 0.749. The van der Waals surface area contributed by atoms with E-state index in [1.807, 2.05) is 69.2 Å². The van der Waals surface area contributed by atoms with Crippen LogP contribution in [-0.2, 0) is 11.8 Å². The van der Waals surface area contributed by atoms with Gasteiger partial charge in [-0.2, -0.15) is 15.2 Å². The summed E-state index contributed by atoms with van der Waals surface area (Å²) in [4.78, 5) is 27.6. The summed E-state index contributed by atoms with van der Waals surface area (Å²) in [6, 6.07) is 8.26. The Morgan fingerprint density at radius 3 is 2.44 bits per heavy atom. The Morgan fingerprint density at radius 2 is 1.76 bits per heavy atom. The van der Waals surface area contributed by atoms with Crippen molar-refractivity contribution in [2.75, 3.05) is 24.1 Å². The number of nitrogens with one attached hydrogen (secondary N) is 1. The first-order valence-electron chi connectivity index (χ1n) is 13.5. The molecule has 13 nitrogen and oxygen atoms in total. The summed E-state index contributed by atoms with van der Waals surface area (Å²) in [6.45, 7) is 6.94. The van der Waals surface area contributed by atoms with Crippen LogP contribution < -0.4 is 11.1 Å². The van der Waals surface area contributed by atoms with Crippen molar-refractivity contribution in [1.29, 1.82) is 0 Å². The zero-order valence-electron chi connectivity index (χ0n) is 23.5. The second-order valence-electron chi connectivity index (χ2n) is 11.2. The number of anilines is 3. The molecule has 41 heavy (non-hydrogen) atoms. The van der Waals surface area contributed by atoms with Crippen molar-refractivity contribution < 1.29 is 9.53 Å². The van der Waals surface area contributed by atoms with E-state index in [2.05, 4.69) is 36.7 Å². The van der Waals surface area contributed by atoms with Gasteiger partial charge < -0.3 is 20.7 Å². The lowest BCUT2D eigenvalue weighted by atomic mass is 10.1. The van der Waals surface area contributed by atoms with E-state index in [0.29, 0.717) is 36.2 Å². The molecule has 6 rings (SSSR count). The minimum absolute atomic E-state index is 0.230. The zero-order valence-corrected chi connectivity index (χ0v) is 23.5. The van der Waals surface area contributed by atoms with E-state index >= 15 is 0 Å². The number of nitrogen functional groups attached to an aromatic ring is 1. The van der Waals surface area contributed by atoms with Crippen LogP contribution in [0.1, 0.15) is 39.7 Å². The van der Waals surface area contributed by atoms with Gasteiger partial charge in [-0.05, 0) is 51.3 Å². The molecular formula is C28H33N11O2. The smallest absolute Gasteiger partial charge is 0.410 e. The highest BCUT2D eigenvalue weighted by Gasteiger charge is 2.28. The number of likely N-dealkylation sites (tertiary alicyclic amines) is 1. The Bertz CT molecular complexity index is 1690. The lowest BCUT2D eigenvalue weighted by molar-refractivity contribution is 0.0185. The van der Waals surface area contributed by atoms with E-state index in [4.69, 9.17) is 10.5 Å². The van der Waals surface area contributed by atoms with Crippen molar-refractivity contribution in [3.63, 3.8) is 0 Å². The standard InChI is InChI=1S/C28H33N11O2/c1-28(2,3)41-27(40)37-11-9-21(10-12-37)38-16-19(13-32-38)18-5-7-22(8-6-18)39-24-23(34-25(39)29)15-30-26(35-24)33-20-14-31-36(4)17-20/h5-8,13-17,21H,9-12H2,1-4H3,(H2,29,34)(H,30,33,35). The molecule has 1 aromatic carbocycles. The molecular weight excluding hydrogens is 522 g/mol. The van der Waals surface area contributed by atoms with Crippen LogP contribution in [0.15, 0.2) is 55.2 Å². The van der Waals surface area contributed by atoms with Crippen molar-refractivity contribution in [3.8, 4) is 16.8 Å². The molecule has 13 heteroatoms. The summed E-state index contributed by atoms with van der Waals surface area (Å²) < 4.78 is 11.0. The minimum Gasteiger partial charge on any atom is -0.444 e. The number of rotatable bonds is 5. The molecule has 3 N–H and O–H groups in total. The number of ether oxygens (including phenoxy) is 1. The lowest BCUT2D eigenvalue weighted by Crippen LogP contribution is -2.42. The average molecular weight is 556 g/mol. The number of benzene rings is 1. The molecule has 0 aliphatic carbocycles. The third kappa shape index (κ3) is 5.55. The van der Waals surface area contributed by atoms with Gasteiger partial charge in [0.25, 0.3) is 0 Å².